The highest BCUT2D eigenvalue weighted by Crippen LogP contribution is 2.28. The maximum absolute atomic E-state index is 15.0. The van der Waals surface area contributed by atoms with Gasteiger partial charge in [-0.3, -0.25) is 14.1 Å². The van der Waals surface area contributed by atoms with Crippen molar-refractivity contribution in [3.05, 3.63) is 83.9 Å². The molecule has 0 unspecified atom stereocenters. The van der Waals surface area contributed by atoms with E-state index in [-0.39, 0.29) is 17.0 Å². The van der Waals surface area contributed by atoms with Gasteiger partial charge in [-0.25, -0.2) is 17.8 Å². The highest BCUT2D eigenvalue weighted by atomic mass is 32.2. The number of hydrogen-bond acceptors (Lipinski definition) is 5. The van der Waals surface area contributed by atoms with Crippen LogP contribution < -0.4 is 9.62 Å². The first-order chi connectivity index (χ1) is 17.3. The predicted molar refractivity (Wildman–Crippen MR) is 139 cm³/mol. The van der Waals surface area contributed by atoms with E-state index in [0.29, 0.717) is 25.1 Å². The van der Waals surface area contributed by atoms with Crippen LogP contribution in [0.5, 0.6) is 0 Å². The zero-order valence-corrected chi connectivity index (χ0v) is 20.6. The number of benzene rings is 2. The number of halogens is 1. The van der Waals surface area contributed by atoms with Gasteiger partial charge in [0.2, 0.25) is 10.0 Å². The molecule has 0 spiro atoms. The fraction of sp³-hybridized carbons (Fsp3) is 0.222. The van der Waals surface area contributed by atoms with Gasteiger partial charge in [-0.2, -0.15) is 0 Å². The molecule has 0 bridgehead atoms. The molecule has 1 aliphatic heterocycles. The molecule has 2 aromatic carbocycles. The molecule has 5 rings (SSSR count). The molecular formula is C27H25FN4O3S. The van der Waals surface area contributed by atoms with E-state index in [1.807, 2.05) is 31.2 Å². The van der Waals surface area contributed by atoms with Gasteiger partial charge in [0.05, 0.1) is 28.2 Å². The van der Waals surface area contributed by atoms with Crippen molar-refractivity contribution in [2.24, 2.45) is 0 Å². The van der Waals surface area contributed by atoms with Crippen molar-refractivity contribution in [2.45, 2.75) is 26.2 Å². The minimum atomic E-state index is -3.50. The summed E-state index contributed by atoms with van der Waals surface area (Å²) in [6.07, 6.45) is 5.54. The monoisotopic (exact) mass is 504 g/mol. The van der Waals surface area contributed by atoms with Crippen molar-refractivity contribution in [3.63, 3.8) is 0 Å². The summed E-state index contributed by atoms with van der Waals surface area (Å²) in [6, 6.07) is 15.0. The largest absolute Gasteiger partial charge is 0.322 e. The molecule has 7 nitrogen and oxygen atoms in total. The first-order valence-corrected chi connectivity index (χ1v) is 13.4. The second-order valence-electron chi connectivity index (χ2n) is 8.86. The Kier molecular flexibility index (Phi) is 6.40. The lowest BCUT2D eigenvalue weighted by Gasteiger charge is -2.22. The standard InChI is InChI=1S/C27H25FN4O3S/c1-18-5-7-20(15-23(18)26-10-6-19-17-29-12-11-25(19)31-26)30-27(33)22-9-8-21(16-24(22)28)32-13-3-2-4-14-36(32,34)35/h5-12,15-17H,2-4,13-14H2,1H3,(H,30,33). The zero-order valence-electron chi connectivity index (χ0n) is 19.7. The number of amides is 1. The van der Waals surface area contributed by atoms with E-state index in [1.165, 1.54) is 16.4 Å². The summed E-state index contributed by atoms with van der Waals surface area (Å²) in [5.74, 6) is -1.36. The Balaban J connectivity index is 1.39. The number of nitrogens with one attached hydrogen (secondary N) is 1. The predicted octanol–water partition coefficient (Wildman–Crippen LogP) is 5.32. The summed E-state index contributed by atoms with van der Waals surface area (Å²) < 4.78 is 41.3. The smallest absolute Gasteiger partial charge is 0.258 e. The maximum Gasteiger partial charge on any atom is 0.258 e. The summed E-state index contributed by atoms with van der Waals surface area (Å²) in [5.41, 5.74) is 3.94. The van der Waals surface area contributed by atoms with Crippen molar-refractivity contribution < 1.29 is 17.6 Å². The molecule has 0 saturated carbocycles. The zero-order chi connectivity index (χ0) is 25.3. The summed E-state index contributed by atoms with van der Waals surface area (Å²) in [6.45, 7) is 2.26. The molecule has 9 heteroatoms. The van der Waals surface area contributed by atoms with E-state index in [0.717, 1.165) is 40.2 Å². The number of sulfonamides is 1. The normalized spacial score (nSPS) is 15.4. The number of pyridine rings is 2. The SMILES string of the molecule is Cc1ccc(NC(=O)c2ccc(N3CCCCCS3(=O)=O)cc2F)cc1-c1ccc2cnccc2n1. The molecule has 4 aromatic rings. The van der Waals surface area contributed by atoms with Crippen molar-refractivity contribution in [3.8, 4) is 11.3 Å². The van der Waals surface area contributed by atoms with Gasteiger partial charge < -0.3 is 5.32 Å². The lowest BCUT2D eigenvalue weighted by atomic mass is 10.0. The molecule has 1 aliphatic rings. The number of anilines is 2. The summed E-state index contributed by atoms with van der Waals surface area (Å²) in [4.78, 5) is 21.7. The Morgan fingerprint density at radius 3 is 2.72 bits per heavy atom. The van der Waals surface area contributed by atoms with Crippen LogP contribution in [-0.2, 0) is 10.0 Å². The molecule has 2 aromatic heterocycles. The summed E-state index contributed by atoms with van der Waals surface area (Å²) in [7, 11) is -3.50. The van der Waals surface area contributed by atoms with Crippen LogP contribution in [0.15, 0.2) is 67.0 Å². The van der Waals surface area contributed by atoms with Crippen LogP contribution in [0.4, 0.5) is 15.8 Å². The molecule has 1 saturated heterocycles. The quantitative estimate of drug-likeness (QED) is 0.406. The van der Waals surface area contributed by atoms with Crippen LogP contribution in [0.1, 0.15) is 35.2 Å². The van der Waals surface area contributed by atoms with Gasteiger partial charge in [-0.05, 0) is 73.9 Å². The number of aromatic nitrogens is 2. The van der Waals surface area contributed by atoms with Crippen LogP contribution in [0.2, 0.25) is 0 Å². The van der Waals surface area contributed by atoms with Crippen LogP contribution in [0, 0.1) is 12.7 Å². The van der Waals surface area contributed by atoms with Crippen molar-refractivity contribution >= 4 is 38.2 Å². The third kappa shape index (κ3) is 4.79. The fourth-order valence-corrected chi connectivity index (χ4v) is 6.02. The molecule has 0 radical (unpaired) electrons. The Labute approximate surface area is 209 Å². The highest BCUT2D eigenvalue weighted by molar-refractivity contribution is 7.92. The van der Waals surface area contributed by atoms with Crippen LogP contribution in [0.25, 0.3) is 22.2 Å². The fourth-order valence-electron chi connectivity index (χ4n) is 4.39. The molecule has 36 heavy (non-hydrogen) atoms. The Morgan fingerprint density at radius 2 is 1.89 bits per heavy atom. The molecule has 3 heterocycles. The van der Waals surface area contributed by atoms with E-state index in [2.05, 4.69) is 10.3 Å². The van der Waals surface area contributed by atoms with Gasteiger partial charge in [0, 0.05) is 35.6 Å². The minimum absolute atomic E-state index is 0.0373. The molecule has 1 N–H and O–H groups in total. The van der Waals surface area contributed by atoms with Crippen LogP contribution >= 0.6 is 0 Å². The van der Waals surface area contributed by atoms with Gasteiger partial charge in [0.25, 0.3) is 5.91 Å². The van der Waals surface area contributed by atoms with Crippen LogP contribution in [-0.4, -0.2) is 36.6 Å². The molecule has 1 amide bonds. The maximum atomic E-state index is 15.0. The van der Waals surface area contributed by atoms with E-state index in [4.69, 9.17) is 4.98 Å². The summed E-state index contributed by atoms with van der Waals surface area (Å²) in [5, 5.41) is 3.68. The third-order valence-corrected chi connectivity index (χ3v) is 8.22. The molecular weight excluding hydrogens is 479 g/mol. The Bertz CT molecular complexity index is 1570. The van der Waals surface area contributed by atoms with Crippen molar-refractivity contribution in [1.82, 2.24) is 9.97 Å². The van der Waals surface area contributed by atoms with Gasteiger partial charge in [0.15, 0.2) is 0 Å². The first kappa shape index (κ1) is 23.9. The molecule has 1 fully saturated rings. The molecule has 0 aliphatic carbocycles. The Hall–Kier alpha value is -3.85. The second kappa shape index (κ2) is 9.66. The van der Waals surface area contributed by atoms with E-state index in [9.17, 15) is 17.6 Å². The minimum Gasteiger partial charge on any atom is -0.322 e. The number of aryl methyl sites for hydroxylation is 1. The van der Waals surface area contributed by atoms with Gasteiger partial charge in [-0.15, -0.1) is 0 Å². The summed E-state index contributed by atoms with van der Waals surface area (Å²) >= 11 is 0. The van der Waals surface area contributed by atoms with E-state index < -0.39 is 21.7 Å². The lowest BCUT2D eigenvalue weighted by Crippen LogP contribution is -2.32. The van der Waals surface area contributed by atoms with Gasteiger partial charge >= 0.3 is 0 Å². The third-order valence-electron chi connectivity index (χ3n) is 6.35. The number of hydrogen-bond donors (Lipinski definition) is 1. The van der Waals surface area contributed by atoms with Crippen molar-refractivity contribution in [1.29, 1.82) is 0 Å². The van der Waals surface area contributed by atoms with Crippen molar-refractivity contribution in [2.75, 3.05) is 21.9 Å². The van der Waals surface area contributed by atoms with Crippen LogP contribution in [0.3, 0.4) is 0 Å². The topological polar surface area (TPSA) is 92.3 Å². The van der Waals surface area contributed by atoms with E-state index >= 15 is 0 Å². The molecule has 0 atom stereocenters. The van der Waals surface area contributed by atoms with E-state index in [1.54, 1.807) is 24.5 Å². The number of carbonyl (C=O) groups is 1. The lowest BCUT2D eigenvalue weighted by molar-refractivity contribution is 0.102. The highest BCUT2D eigenvalue weighted by Gasteiger charge is 2.26. The number of rotatable bonds is 4. The Morgan fingerprint density at radius 1 is 1.03 bits per heavy atom. The molecule has 184 valence electrons. The number of fused-ring (bicyclic) bond motifs is 1. The van der Waals surface area contributed by atoms with Gasteiger partial charge in [-0.1, -0.05) is 12.5 Å². The average Bonchev–Trinajstić information content (AvgIpc) is 3.04. The second-order valence-corrected chi connectivity index (χ2v) is 10.9. The number of nitrogens with zero attached hydrogens (tertiary/aromatic N) is 3. The first-order valence-electron chi connectivity index (χ1n) is 11.7. The number of carbonyl (C=O) groups excluding carboxylic acids is 1. The average molecular weight is 505 g/mol. The van der Waals surface area contributed by atoms with Gasteiger partial charge in [0.1, 0.15) is 5.82 Å².